The lowest BCUT2D eigenvalue weighted by Gasteiger charge is -2.16. The molecular formula is C11H18N2O3S. The van der Waals surface area contributed by atoms with Crippen LogP contribution in [0.4, 0.5) is 5.69 Å². The van der Waals surface area contributed by atoms with Crippen LogP contribution in [0.25, 0.3) is 0 Å². The van der Waals surface area contributed by atoms with Crippen molar-refractivity contribution in [1.82, 2.24) is 4.31 Å². The molecule has 0 fully saturated rings. The van der Waals surface area contributed by atoms with E-state index in [2.05, 4.69) is 4.72 Å². The van der Waals surface area contributed by atoms with Crippen LogP contribution in [0.2, 0.25) is 0 Å². The van der Waals surface area contributed by atoms with E-state index in [1.165, 1.54) is 21.2 Å². The Hall–Kier alpha value is -1.27. The fourth-order valence-electron chi connectivity index (χ4n) is 1.29. The van der Waals surface area contributed by atoms with Crippen molar-refractivity contribution in [2.24, 2.45) is 0 Å². The third-order valence-corrected chi connectivity index (χ3v) is 3.83. The van der Waals surface area contributed by atoms with Crippen LogP contribution >= 0.6 is 0 Å². The zero-order valence-electron chi connectivity index (χ0n) is 10.5. The Kier molecular flexibility index (Phi) is 4.36. The summed E-state index contributed by atoms with van der Waals surface area (Å²) in [6, 6.07) is 5.44. The molecular weight excluding hydrogens is 240 g/mol. The molecule has 17 heavy (non-hydrogen) atoms. The van der Waals surface area contributed by atoms with Crippen LogP contribution in [0, 0.1) is 0 Å². The molecule has 0 radical (unpaired) electrons. The molecule has 0 aromatic heterocycles. The smallest absolute Gasteiger partial charge is 0.301 e. The highest BCUT2D eigenvalue weighted by Gasteiger charge is 2.15. The van der Waals surface area contributed by atoms with E-state index in [4.69, 9.17) is 4.74 Å². The minimum Gasteiger partial charge on any atom is -0.495 e. The van der Waals surface area contributed by atoms with Gasteiger partial charge in [-0.25, -0.2) is 0 Å². The van der Waals surface area contributed by atoms with Gasteiger partial charge in [-0.2, -0.15) is 12.7 Å². The highest BCUT2D eigenvalue weighted by Crippen LogP contribution is 2.26. The second-order valence-electron chi connectivity index (χ2n) is 3.78. The molecule has 0 atom stereocenters. The average Bonchev–Trinajstić information content (AvgIpc) is 2.28. The van der Waals surface area contributed by atoms with Crippen molar-refractivity contribution in [3.63, 3.8) is 0 Å². The lowest BCUT2D eigenvalue weighted by atomic mass is 10.1. The van der Waals surface area contributed by atoms with Crippen molar-refractivity contribution in [2.45, 2.75) is 13.3 Å². The molecule has 0 unspecified atom stereocenters. The Balaban J connectivity index is 3.12. The summed E-state index contributed by atoms with van der Waals surface area (Å²) in [4.78, 5) is 0. The predicted octanol–water partition coefficient (Wildman–Crippen LogP) is 1.48. The van der Waals surface area contributed by atoms with Gasteiger partial charge in [-0.15, -0.1) is 0 Å². The van der Waals surface area contributed by atoms with Gasteiger partial charge in [0.1, 0.15) is 5.75 Å². The lowest BCUT2D eigenvalue weighted by molar-refractivity contribution is 0.416. The molecule has 1 rings (SSSR count). The molecule has 0 saturated heterocycles. The summed E-state index contributed by atoms with van der Waals surface area (Å²) in [6.45, 7) is 2.01. The molecule has 6 heteroatoms. The fourth-order valence-corrected chi connectivity index (χ4v) is 1.91. The number of rotatable bonds is 5. The monoisotopic (exact) mass is 258 g/mol. The number of methoxy groups -OCH3 is 1. The molecule has 0 saturated carbocycles. The quantitative estimate of drug-likeness (QED) is 0.870. The number of aryl methyl sites for hydroxylation is 1. The highest BCUT2D eigenvalue weighted by atomic mass is 32.2. The molecule has 0 bridgehead atoms. The maximum atomic E-state index is 11.7. The van der Waals surface area contributed by atoms with Crippen molar-refractivity contribution in [3.05, 3.63) is 23.8 Å². The number of nitrogens with zero attached hydrogens (tertiary/aromatic N) is 1. The van der Waals surface area contributed by atoms with Crippen LogP contribution < -0.4 is 9.46 Å². The summed E-state index contributed by atoms with van der Waals surface area (Å²) in [6.07, 6.45) is 0.834. The normalized spacial score (nSPS) is 11.6. The summed E-state index contributed by atoms with van der Waals surface area (Å²) >= 11 is 0. The van der Waals surface area contributed by atoms with E-state index in [1.54, 1.807) is 12.1 Å². The Labute approximate surface area is 103 Å². The van der Waals surface area contributed by atoms with E-state index in [1.807, 2.05) is 13.0 Å². The minimum atomic E-state index is -3.51. The van der Waals surface area contributed by atoms with Gasteiger partial charge in [0.25, 0.3) is 0 Å². The minimum absolute atomic E-state index is 0.459. The molecule has 5 nitrogen and oxygen atoms in total. The molecule has 0 aliphatic heterocycles. The average molecular weight is 258 g/mol. The first-order valence-corrected chi connectivity index (χ1v) is 6.72. The molecule has 0 aliphatic carbocycles. The zero-order chi connectivity index (χ0) is 13.1. The van der Waals surface area contributed by atoms with E-state index in [0.29, 0.717) is 11.4 Å². The first-order chi connectivity index (χ1) is 7.90. The van der Waals surface area contributed by atoms with Gasteiger partial charge in [-0.05, 0) is 24.1 Å². The third kappa shape index (κ3) is 3.34. The number of benzene rings is 1. The van der Waals surface area contributed by atoms with Gasteiger partial charge in [0, 0.05) is 14.1 Å². The van der Waals surface area contributed by atoms with Crippen LogP contribution in [-0.2, 0) is 16.6 Å². The first-order valence-electron chi connectivity index (χ1n) is 5.28. The summed E-state index contributed by atoms with van der Waals surface area (Å²) in [5, 5.41) is 0. The maximum Gasteiger partial charge on any atom is 0.301 e. The maximum absolute atomic E-state index is 11.7. The molecule has 96 valence electrons. The Bertz CT molecular complexity index is 483. The summed E-state index contributed by atoms with van der Waals surface area (Å²) < 4.78 is 32.2. The predicted molar refractivity (Wildman–Crippen MR) is 68.6 cm³/mol. The van der Waals surface area contributed by atoms with E-state index in [0.717, 1.165) is 16.3 Å². The van der Waals surface area contributed by atoms with Crippen molar-refractivity contribution in [2.75, 3.05) is 25.9 Å². The van der Waals surface area contributed by atoms with Gasteiger partial charge >= 0.3 is 10.2 Å². The zero-order valence-corrected chi connectivity index (χ0v) is 11.3. The number of nitrogens with one attached hydrogen (secondary N) is 1. The molecule has 0 amide bonds. The van der Waals surface area contributed by atoms with Crippen LogP contribution in [0.15, 0.2) is 18.2 Å². The van der Waals surface area contributed by atoms with Gasteiger partial charge in [0.05, 0.1) is 12.8 Å². The SMILES string of the molecule is CCc1ccc(OC)c(NS(=O)(=O)N(C)C)c1. The van der Waals surface area contributed by atoms with E-state index >= 15 is 0 Å². The highest BCUT2D eigenvalue weighted by molar-refractivity contribution is 7.90. The second-order valence-corrected chi connectivity index (χ2v) is 5.66. The standard InChI is InChI=1S/C11H18N2O3S/c1-5-9-6-7-11(16-4)10(8-9)12-17(14,15)13(2)3/h6-8,12H,5H2,1-4H3. The molecule has 0 heterocycles. The second kappa shape index (κ2) is 5.37. The largest absolute Gasteiger partial charge is 0.495 e. The Morgan fingerprint density at radius 1 is 1.35 bits per heavy atom. The molecule has 1 aromatic rings. The number of hydrogen-bond donors (Lipinski definition) is 1. The third-order valence-electron chi connectivity index (χ3n) is 2.39. The Morgan fingerprint density at radius 3 is 2.47 bits per heavy atom. The number of hydrogen-bond acceptors (Lipinski definition) is 3. The fraction of sp³-hybridized carbons (Fsp3) is 0.455. The van der Waals surface area contributed by atoms with Gasteiger partial charge < -0.3 is 4.74 Å². The van der Waals surface area contributed by atoms with Crippen molar-refractivity contribution >= 4 is 15.9 Å². The van der Waals surface area contributed by atoms with Gasteiger partial charge in [-0.3, -0.25) is 4.72 Å². The lowest BCUT2D eigenvalue weighted by Crippen LogP contribution is -2.29. The molecule has 0 spiro atoms. The van der Waals surface area contributed by atoms with E-state index in [-0.39, 0.29) is 0 Å². The molecule has 1 aromatic carbocycles. The Morgan fingerprint density at radius 2 is 2.00 bits per heavy atom. The molecule has 1 N–H and O–H groups in total. The van der Waals surface area contributed by atoms with Crippen molar-refractivity contribution < 1.29 is 13.2 Å². The van der Waals surface area contributed by atoms with Crippen LogP contribution in [-0.4, -0.2) is 33.9 Å². The summed E-state index contributed by atoms with van der Waals surface area (Å²) in [7, 11) is 0.944. The van der Waals surface area contributed by atoms with E-state index < -0.39 is 10.2 Å². The van der Waals surface area contributed by atoms with Gasteiger partial charge in [0.15, 0.2) is 0 Å². The van der Waals surface area contributed by atoms with Crippen LogP contribution in [0.5, 0.6) is 5.75 Å². The van der Waals surface area contributed by atoms with Crippen LogP contribution in [0.1, 0.15) is 12.5 Å². The van der Waals surface area contributed by atoms with Crippen molar-refractivity contribution in [3.8, 4) is 5.75 Å². The van der Waals surface area contributed by atoms with Gasteiger partial charge in [0.2, 0.25) is 0 Å². The number of anilines is 1. The molecule has 0 aliphatic rings. The topological polar surface area (TPSA) is 58.6 Å². The van der Waals surface area contributed by atoms with Crippen molar-refractivity contribution in [1.29, 1.82) is 0 Å². The van der Waals surface area contributed by atoms with E-state index in [9.17, 15) is 8.42 Å². The number of ether oxygens (including phenoxy) is 1. The summed E-state index contributed by atoms with van der Waals surface area (Å²) in [5.74, 6) is 0.507. The van der Waals surface area contributed by atoms with Gasteiger partial charge in [-0.1, -0.05) is 13.0 Å². The summed E-state index contributed by atoms with van der Waals surface area (Å²) in [5.41, 5.74) is 1.50. The first kappa shape index (κ1) is 13.8. The van der Waals surface area contributed by atoms with Crippen LogP contribution in [0.3, 0.4) is 0 Å².